The number of amides is 3. The Morgan fingerprint density at radius 2 is 1.53 bits per heavy atom. The van der Waals surface area contributed by atoms with E-state index in [1.807, 2.05) is 0 Å². The number of hydrogen-bond donors (Lipinski definition) is 1. The summed E-state index contributed by atoms with van der Waals surface area (Å²) in [4.78, 5) is 51.5. The van der Waals surface area contributed by atoms with E-state index in [0.717, 1.165) is 9.58 Å². The van der Waals surface area contributed by atoms with Gasteiger partial charge in [0.25, 0.3) is 17.4 Å². The molecule has 5 rings (SSSR count). The first-order valence-electron chi connectivity index (χ1n) is 9.73. The minimum absolute atomic E-state index is 0.330. The number of rotatable bonds is 4. The molecule has 0 unspecified atom stereocenters. The smallest absolute Gasteiger partial charge is 0.278 e. The van der Waals surface area contributed by atoms with E-state index in [2.05, 4.69) is 15.6 Å². The van der Waals surface area contributed by atoms with E-state index in [1.54, 1.807) is 66.7 Å². The maximum atomic E-state index is 12.7. The average molecular weight is 425 g/mol. The minimum atomic E-state index is -0.504. The number of benzene rings is 3. The maximum Gasteiger partial charge on any atom is 0.278 e. The lowest BCUT2D eigenvalue weighted by Crippen LogP contribution is -2.31. The Balaban J connectivity index is 1.37. The zero-order chi connectivity index (χ0) is 22.2. The van der Waals surface area contributed by atoms with Gasteiger partial charge in [-0.1, -0.05) is 35.5 Å². The highest BCUT2D eigenvalue weighted by atomic mass is 16.2. The molecule has 1 N–H and O–H groups in total. The summed E-state index contributed by atoms with van der Waals surface area (Å²) in [6.07, 6.45) is 0. The van der Waals surface area contributed by atoms with Crippen LogP contribution in [0.5, 0.6) is 0 Å². The lowest BCUT2D eigenvalue weighted by Gasteiger charge is -2.15. The average Bonchev–Trinajstić information content (AvgIpc) is 3.06. The largest absolute Gasteiger partial charge is 0.324 e. The van der Waals surface area contributed by atoms with Gasteiger partial charge in [0.05, 0.1) is 22.2 Å². The van der Waals surface area contributed by atoms with E-state index in [1.165, 1.54) is 6.07 Å². The van der Waals surface area contributed by atoms with Gasteiger partial charge in [0.15, 0.2) is 0 Å². The molecule has 156 valence electrons. The zero-order valence-corrected chi connectivity index (χ0v) is 16.6. The predicted molar refractivity (Wildman–Crippen MR) is 116 cm³/mol. The summed E-state index contributed by atoms with van der Waals surface area (Å²) in [5, 5.41) is 10.8. The summed E-state index contributed by atoms with van der Waals surface area (Å²) in [6, 6.07) is 19.7. The van der Waals surface area contributed by atoms with Crippen LogP contribution in [0.1, 0.15) is 20.7 Å². The lowest BCUT2D eigenvalue weighted by atomic mass is 10.1. The Morgan fingerprint density at radius 1 is 0.844 bits per heavy atom. The van der Waals surface area contributed by atoms with Crippen LogP contribution in [0.15, 0.2) is 77.6 Å². The first-order chi connectivity index (χ1) is 15.5. The van der Waals surface area contributed by atoms with Gasteiger partial charge < -0.3 is 5.32 Å². The van der Waals surface area contributed by atoms with Crippen molar-refractivity contribution >= 4 is 40.0 Å². The highest BCUT2D eigenvalue weighted by molar-refractivity contribution is 6.34. The molecular formula is C23H15N5O4. The third-order valence-electron chi connectivity index (χ3n) is 5.10. The molecule has 9 heteroatoms. The number of carbonyl (C=O) groups is 3. The van der Waals surface area contributed by atoms with Crippen molar-refractivity contribution in [1.82, 2.24) is 15.0 Å². The summed E-state index contributed by atoms with van der Waals surface area (Å²) in [5.74, 6) is -1.35. The van der Waals surface area contributed by atoms with Crippen LogP contribution in [0.4, 0.5) is 11.4 Å². The minimum Gasteiger partial charge on any atom is -0.324 e. The van der Waals surface area contributed by atoms with Crippen LogP contribution in [0.2, 0.25) is 0 Å². The molecule has 4 aromatic rings. The van der Waals surface area contributed by atoms with E-state index in [9.17, 15) is 19.2 Å². The van der Waals surface area contributed by atoms with Gasteiger partial charge in [-0.15, -0.1) is 5.10 Å². The molecule has 0 bridgehead atoms. The third kappa shape index (κ3) is 3.21. The van der Waals surface area contributed by atoms with Crippen LogP contribution in [0, 0.1) is 0 Å². The molecular weight excluding hydrogens is 410 g/mol. The molecule has 0 spiro atoms. The van der Waals surface area contributed by atoms with Crippen molar-refractivity contribution in [3.8, 4) is 0 Å². The fourth-order valence-electron chi connectivity index (χ4n) is 3.61. The highest BCUT2D eigenvalue weighted by Gasteiger charge is 2.36. The molecule has 1 aliphatic heterocycles. The van der Waals surface area contributed by atoms with Crippen LogP contribution in [0.3, 0.4) is 0 Å². The van der Waals surface area contributed by atoms with Crippen molar-refractivity contribution in [2.24, 2.45) is 0 Å². The molecule has 32 heavy (non-hydrogen) atoms. The van der Waals surface area contributed by atoms with Gasteiger partial charge in [0, 0.05) is 5.69 Å². The van der Waals surface area contributed by atoms with Gasteiger partial charge >= 0.3 is 0 Å². The standard InChI is InChI=1S/C23H15N5O4/c29-20(13-27-21(30)18-10-3-4-11-19(18)25-26-27)24-14-6-5-7-15(12-14)28-22(31)16-8-1-2-9-17(16)23(28)32/h1-12H,13H2,(H,24,29). The second kappa shape index (κ2) is 7.55. The normalized spacial score (nSPS) is 12.8. The molecule has 1 aromatic heterocycles. The van der Waals surface area contributed by atoms with Crippen molar-refractivity contribution in [2.75, 3.05) is 10.2 Å². The number of carbonyl (C=O) groups excluding carboxylic acids is 3. The molecule has 0 radical (unpaired) electrons. The highest BCUT2D eigenvalue weighted by Crippen LogP contribution is 2.29. The number of nitrogens with zero attached hydrogens (tertiary/aromatic N) is 4. The summed E-state index contributed by atoms with van der Waals surface area (Å²) >= 11 is 0. The molecule has 1 aliphatic rings. The van der Waals surface area contributed by atoms with E-state index >= 15 is 0 Å². The summed E-state index contributed by atoms with van der Waals surface area (Å²) in [5.41, 5.74) is 1.39. The number of fused-ring (bicyclic) bond motifs is 2. The molecule has 3 aromatic carbocycles. The van der Waals surface area contributed by atoms with Gasteiger partial charge in [-0.3, -0.25) is 19.2 Å². The van der Waals surface area contributed by atoms with Crippen LogP contribution < -0.4 is 15.8 Å². The van der Waals surface area contributed by atoms with Crippen LogP contribution in [-0.2, 0) is 11.3 Å². The second-order valence-electron chi connectivity index (χ2n) is 7.16. The first kappa shape index (κ1) is 19.3. The van der Waals surface area contributed by atoms with Crippen molar-refractivity contribution < 1.29 is 14.4 Å². The van der Waals surface area contributed by atoms with Crippen LogP contribution in [-0.4, -0.2) is 32.7 Å². The van der Waals surface area contributed by atoms with Gasteiger partial charge in [-0.05, 0) is 42.5 Å². The monoisotopic (exact) mass is 425 g/mol. The fourth-order valence-corrected chi connectivity index (χ4v) is 3.61. The van der Waals surface area contributed by atoms with E-state index in [-0.39, 0.29) is 6.54 Å². The van der Waals surface area contributed by atoms with E-state index < -0.39 is 23.3 Å². The molecule has 9 nitrogen and oxygen atoms in total. The quantitative estimate of drug-likeness (QED) is 0.502. The van der Waals surface area contributed by atoms with Crippen molar-refractivity contribution in [3.05, 3.63) is 94.3 Å². The molecule has 0 saturated heterocycles. The molecule has 3 amide bonds. The molecule has 2 heterocycles. The fraction of sp³-hybridized carbons (Fsp3) is 0.0435. The van der Waals surface area contributed by atoms with Crippen LogP contribution >= 0.6 is 0 Å². The summed E-state index contributed by atoms with van der Waals surface area (Å²) < 4.78 is 0.978. The van der Waals surface area contributed by atoms with Gasteiger partial charge in [-0.2, -0.15) is 0 Å². The van der Waals surface area contributed by atoms with Gasteiger partial charge in [0.1, 0.15) is 12.1 Å². The summed E-state index contributed by atoms with van der Waals surface area (Å²) in [6.45, 7) is -0.339. The Morgan fingerprint density at radius 3 is 2.28 bits per heavy atom. The number of imide groups is 1. The van der Waals surface area contributed by atoms with E-state index in [0.29, 0.717) is 33.4 Å². The maximum absolute atomic E-state index is 12.7. The summed E-state index contributed by atoms with van der Waals surface area (Å²) in [7, 11) is 0. The SMILES string of the molecule is O=C(Cn1nnc2ccccc2c1=O)Nc1cccc(N2C(=O)c3ccccc3C2=O)c1. The molecule has 0 aliphatic carbocycles. The second-order valence-corrected chi connectivity index (χ2v) is 7.16. The molecule has 0 saturated carbocycles. The number of aromatic nitrogens is 3. The zero-order valence-electron chi connectivity index (χ0n) is 16.6. The van der Waals surface area contributed by atoms with Crippen molar-refractivity contribution in [1.29, 1.82) is 0 Å². The Hall–Kier alpha value is -4.66. The topological polar surface area (TPSA) is 114 Å². The van der Waals surface area contributed by atoms with E-state index in [4.69, 9.17) is 0 Å². The van der Waals surface area contributed by atoms with Gasteiger partial charge in [-0.25, -0.2) is 9.58 Å². The van der Waals surface area contributed by atoms with Crippen molar-refractivity contribution in [2.45, 2.75) is 6.54 Å². The molecule has 0 atom stereocenters. The first-order valence-corrected chi connectivity index (χ1v) is 9.73. The Kier molecular flexibility index (Phi) is 4.55. The molecule has 0 fully saturated rings. The Bertz CT molecular complexity index is 1440. The van der Waals surface area contributed by atoms with Crippen LogP contribution in [0.25, 0.3) is 10.9 Å². The Labute approximate surface area is 180 Å². The lowest BCUT2D eigenvalue weighted by molar-refractivity contribution is -0.117. The number of anilines is 2. The van der Waals surface area contributed by atoms with Crippen molar-refractivity contribution in [3.63, 3.8) is 0 Å². The van der Waals surface area contributed by atoms with Gasteiger partial charge in [0.2, 0.25) is 5.91 Å². The third-order valence-corrected chi connectivity index (χ3v) is 5.10. The number of hydrogen-bond acceptors (Lipinski definition) is 6. The predicted octanol–water partition coefficient (Wildman–Crippen LogP) is 2.23. The number of nitrogens with one attached hydrogen (secondary N) is 1.